The van der Waals surface area contributed by atoms with Crippen LogP contribution >= 0.6 is 0 Å². The molecule has 1 unspecified atom stereocenters. The van der Waals surface area contributed by atoms with Crippen molar-refractivity contribution < 1.29 is 18.6 Å². The van der Waals surface area contributed by atoms with E-state index in [2.05, 4.69) is 30.8 Å². The van der Waals surface area contributed by atoms with E-state index in [1.807, 2.05) is 0 Å². The van der Waals surface area contributed by atoms with Gasteiger partial charge in [-0.15, -0.1) is 0 Å². The molecule has 20 heavy (non-hydrogen) atoms. The molecule has 0 spiro atoms. The lowest BCUT2D eigenvalue weighted by atomic mass is 9.85. The van der Waals surface area contributed by atoms with Crippen LogP contribution < -0.4 is 10.1 Å². The second-order valence-electron chi connectivity index (χ2n) is 5.80. The molecule has 0 saturated heterocycles. The van der Waals surface area contributed by atoms with Crippen LogP contribution in [0.2, 0.25) is 0 Å². The van der Waals surface area contributed by atoms with Crippen molar-refractivity contribution in [2.45, 2.75) is 46.4 Å². The van der Waals surface area contributed by atoms with Crippen molar-refractivity contribution in [3.63, 3.8) is 0 Å². The lowest BCUT2D eigenvalue weighted by Gasteiger charge is -2.31. The van der Waals surface area contributed by atoms with Crippen LogP contribution in [0, 0.1) is 5.41 Å². The van der Waals surface area contributed by atoms with Crippen LogP contribution in [0.15, 0.2) is 24.3 Å². The molecule has 1 atom stereocenters. The summed E-state index contributed by atoms with van der Waals surface area (Å²) in [6, 6.07) is 6.82. The maximum Gasteiger partial charge on any atom is 0.387 e. The number of aliphatic hydroxyl groups is 1. The number of rotatable bonds is 7. The summed E-state index contributed by atoms with van der Waals surface area (Å²) in [4.78, 5) is 0. The van der Waals surface area contributed by atoms with E-state index in [1.54, 1.807) is 18.2 Å². The fraction of sp³-hybridized carbons (Fsp3) is 0.600. The molecule has 0 aliphatic heterocycles. The molecule has 0 fully saturated rings. The van der Waals surface area contributed by atoms with Gasteiger partial charge in [0.25, 0.3) is 0 Å². The van der Waals surface area contributed by atoms with E-state index in [-0.39, 0.29) is 23.8 Å². The summed E-state index contributed by atoms with van der Waals surface area (Å²) < 4.78 is 29.2. The fourth-order valence-electron chi connectivity index (χ4n) is 2.06. The normalized spacial score (nSPS) is 13.6. The number of alkyl halides is 2. The van der Waals surface area contributed by atoms with Crippen LogP contribution in [0.4, 0.5) is 8.78 Å². The van der Waals surface area contributed by atoms with Crippen LogP contribution in [-0.4, -0.2) is 24.4 Å². The zero-order valence-electron chi connectivity index (χ0n) is 12.2. The smallest absolute Gasteiger partial charge is 0.387 e. The van der Waals surface area contributed by atoms with Gasteiger partial charge in [-0.05, 0) is 17.9 Å². The molecule has 5 heteroatoms. The predicted octanol–water partition coefficient (Wildman–Crippen LogP) is 3.17. The molecule has 1 aromatic carbocycles. The molecule has 114 valence electrons. The highest BCUT2D eigenvalue weighted by atomic mass is 19.3. The number of halogens is 2. The summed E-state index contributed by atoms with van der Waals surface area (Å²) in [5, 5.41) is 12.4. The number of nitrogens with one attached hydrogen (secondary N) is 1. The molecule has 3 nitrogen and oxygen atoms in total. The Labute approximate surface area is 119 Å². The van der Waals surface area contributed by atoms with Gasteiger partial charge in [0, 0.05) is 24.8 Å². The minimum Gasteiger partial charge on any atom is -0.434 e. The summed E-state index contributed by atoms with van der Waals surface area (Å²) in [6.07, 6.45) is 0.612. The van der Waals surface area contributed by atoms with E-state index in [4.69, 9.17) is 5.11 Å². The molecular weight excluding hydrogens is 264 g/mol. The van der Waals surface area contributed by atoms with Crippen molar-refractivity contribution in [3.05, 3.63) is 29.8 Å². The highest BCUT2D eigenvalue weighted by Gasteiger charge is 2.23. The maximum absolute atomic E-state index is 12.3. The fourth-order valence-corrected chi connectivity index (χ4v) is 2.06. The highest BCUT2D eigenvalue weighted by molar-refractivity contribution is 5.33. The Bertz CT molecular complexity index is 405. The molecule has 2 N–H and O–H groups in total. The van der Waals surface area contributed by atoms with Crippen LogP contribution in [0.3, 0.4) is 0 Å². The van der Waals surface area contributed by atoms with Crippen molar-refractivity contribution >= 4 is 0 Å². The summed E-state index contributed by atoms with van der Waals surface area (Å²) >= 11 is 0. The Morgan fingerprint density at radius 3 is 2.45 bits per heavy atom. The average molecular weight is 287 g/mol. The molecule has 1 rings (SSSR count). The molecular formula is C15H23F2NO2. The van der Waals surface area contributed by atoms with Gasteiger partial charge in [-0.3, -0.25) is 0 Å². The van der Waals surface area contributed by atoms with Crippen molar-refractivity contribution in [2.75, 3.05) is 6.61 Å². The van der Waals surface area contributed by atoms with Gasteiger partial charge in [-0.1, -0.05) is 39.0 Å². The molecule has 0 amide bonds. The van der Waals surface area contributed by atoms with E-state index in [1.165, 1.54) is 6.07 Å². The molecule has 0 heterocycles. The van der Waals surface area contributed by atoms with Crippen LogP contribution in [0.25, 0.3) is 0 Å². The van der Waals surface area contributed by atoms with E-state index in [9.17, 15) is 8.78 Å². The number of benzene rings is 1. The van der Waals surface area contributed by atoms with E-state index < -0.39 is 6.61 Å². The van der Waals surface area contributed by atoms with Gasteiger partial charge in [0.1, 0.15) is 5.75 Å². The van der Waals surface area contributed by atoms with Gasteiger partial charge >= 0.3 is 6.61 Å². The Morgan fingerprint density at radius 2 is 1.90 bits per heavy atom. The van der Waals surface area contributed by atoms with Crippen molar-refractivity contribution in [2.24, 2.45) is 5.41 Å². The monoisotopic (exact) mass is 287 g/mol. The number of hydrogen-bond donors (Lipinski definition) is 2. The van der Waals surface area contributed by atoms with Crippen LogP contribution in [0.1, 0.15) is 32.8 Å². The number of para-hydroxylation sites is 1. The lowest BCUT2D eigenvalue weighted by molar-refractivity contribution is -0.0505. The number of ether oxygens (including phenoxy) is 1. The molecule has 0 saturated carbocycles. The summed E-state index contributed by atoms with van der Waals surface area (Å²) in [7, 11) is 0. The Hall–Kier alpha value is -1.20. The Kier molecular flexibility index (Phi) is 6.36. The van der Waals surface area contributed by atoms with Crippen molar-refractivity contribution in [1.82, 2.24) is 5.32 Å². The molecule has 0 aliphatic carbocycles. The van der Waals surface area contributed by atoms with Gasteiger partial charge in [-0.2, -0.15) is 8.78 Å². The maximum atomic E-state index is 12.3. The average Bonchev–Trinajstić information content (AvgIpc) is 2.34. The number of aliphatic hydroxyl groups excluding tert-OH is 1. The van der Waals surface area contributed by atoms with Crippen LogP contribution in [0.5, 0.6) is 5.75 Å². The molecule has 1 aromatic rings. The van der Waals surface area contributed by atoms with Gasteiger partial charge in [0.2, 0.25) is 0 Å². The quantitative estimate of drug-likeness (QED) is 0.809. The van der Waals surface area contributed by atoms with Gasteiger partial charge in [0.15, 0.2) is 0 Å². The highest BCUT2D eigenvalue weighted by Crippen LogP contribution is 2.24. The molecule has 0 aliphatic rings. The zero-order chi connectivity index (χ0) is 15.2. The van der Waals surface area contributed by atoms with Gasteiger partial charge < -0.3 is 15.2 Å². The Balaban J connectivity index is 2.72. The first kappa shape index (κ1) is 16.9. The van der Waals surface area contributed by atoms with Gasteiger partial charge in [-0.25, -0.2) is 0 Å². The lowest BCUT2D eigenvalue weighted by Crippen LogP contribution is -2.40. The predicted molar refractivity (Wildman–Crippen MR) is 74.9 cm³/mol. The van der Waals surface area contributed by atoms with Crippen molar-refractivity contribution in [1.29, 1.82) is 0 Å². The zero-order valence-corrected chi connectivity index (χ0v) is 12.2. The first-order valence-electron chi connectivity index (χ1n) is 6.71. The Morgan fingerprint density at radius 1 is 1.25 bits per heavy atom. The topological polar surface area (TPSA) is 41.5 Å². The second kappa shape index (κ2) is 7.55. The largest absolute Gasteiger partial charge is 0.434 e. The van der Waals surface area contributed by atoms with Crippen LogP contribution in [-0.2, 0) is 6.54 Å². The van der Waals surface area contributed by atoms with E-state index >= 15 is 0 Å². The third kappa shape index (κ3) is 5.43. The SMILES string of the molecule is CC(C)(C)C(CCO)NCc1ccccc1OC(F)F. The minimum absolute atomic E-state index is 0.0265. The molecule has 0 aromatic heterocycles. The standard InChI is InChI=1S/C15H23F2NO2/c1-15(2,3)13(8-9-19)18-10-11-6-4-5-7-12(11)20-14(16)17/h4-7,13-14,18-19H,8-10H2,1-3H3. The molecule has 0 bridgehead atoms. The van der Waals surface area contributed by atoms with E-state index in [0.29, 0.717) is 18.5 Å². The summed E-state index contributed by atoms with van der Waals surface area (Å²) in [5.74, 6) is 0.187. The summed E-state index contributed by atoms with van der Waals surface area (Å²) in [6.45, 7) is 3.90. The minimum atomic E-state index is -2.83. The molecule has 0 radical (unpaired) electrons. The first-order chi connectivity index (χ1) is 9.34. The second-order valence-corrected chi connectivity index (χ2v) is 5.80. The van der Waals surface area contributed by atoms with E-state index in [0.717, 1.165) is 0 Å². The third-order valence-electron chi connectivity index (χ3n) is 3.19. The first-order valence-corrected chi connectivity index (χ1v) is 6.71. The van der Waals surface area contributed by atoms with Crippen molar-refractivity contribution in [3.8, 4) is 5.75 Å². The summed E-state index contributed by atoms with van der Waals surface area (Å²) in [5.41, 5.74) is 0.654. The third-order valence-corrected chi connectivity index (χ3v) is 3.19. The van der Waals surface area contributed by atoms with Gasteiger partial charge in [0.05, 0.1) is 0 Å². The number of hydrogen-bond acceptors (Lipinski definition) is 3.